The molecule has 1 saturated carbocycles. The van der Waals surface area contributed by atoms with Crippen LogP contribution in [0.25, 0.3) is 0 Å². The van der Waals surface area contributed by atoms with Gasteiger partial charge in [0, 0.05) is 36.8 Å². The monoisotopic (exact) mass is 378 g/mol. The molecule has 5 nitrogen and oxygen atoms in total. The first-order valence-electron chi connectivity index (χ1n) is 10.00. The van der Waals surface area contributed by atoms with Crippen molar-refractivity contribution in [3.8, 4) is 5.75 Å². The molecule has 0 aromatic heterocycles. The van der Waals surface area contributed by atoms with Gasteiger partial charge in [-0.3, -0.25) is 9.59 Å². The number of ether oxygens (including phenoxy) is 1. The molecule has 146 valence electrons. The third kappa shape index (κ3) is 4.03. The fraction of sp³-hybridized carbons (Fsp3) is 0.391. The highest BCUT2D eigenvalue weighted by atomic mass is 16.5. The lowest BCUT2D eigenvalue weighted by molar-refractivity contribution is -0.119. The van der Waals surface area contributed by atoms with E-state index in [9.17, 15) is 9.59 Å². The van der Waals surface area contributed by atoms with Gasteiger partial charge in [-0.25, -0.2) is 0 Å². The fourth-order valence-electron chi connectivity index (χ4n) is 3.71. The molecule has 0 unspecified atom stereocenters. The van der Waals surface area contributed by atoms with E-state index in [-0.39, 0.29) is 11.8 Å². The summed E-state index contributed by atoms with van der Waals surface area (Å²) >= 11 is 0. The zero-order valence-corrected chi connectivity index (χ0v) is 16.3. The Morgan fingerprint density at radius 1 is 1.07 bits per heavy atom. The molecule has 4 rings (SSSR count). The van der Waals surface area contributed by atoms with Crippen LogP contribution < -0.4 is 9.64 Å². The molecule has 1 aliphatic carbocycles. The second-order valence-corrected chi connectivity index (χ2v) is 7.56. The lowest BCUT2D eigenvalue weighted by Crippen LogP contribution is -2.35. The molecule has 5 heteroatoms. The molecule has 2 fully saturated rings. The van der Waals surface area contributed by atoms with Gasteiger partial charge in [0.1, 0.15) is 5.75 Å². The van der Waals surface area contributed by atoms with Crippen LogP contribution in [0.4, 0.5) is 5.69 Å². The molecule has 0 radical (unpaired) electrons. The summed E-state index contributed by atoms with van der Waals surface area (Å²) in [6.45, 7) is 1.36. The molecule has 1 heterocycles. The largest absolute Gasteiger partial charge is 0.497 e. The molecule has 28 heavy (non-hydrogen) atoms. The van der Waals surface area contributed by atoms with E-state index in [0.29, 0.717) is 24.6 Å². The standard InChI is InChI=1S/C23H26N2O3/c1-28-21-13-5-17(6-14-21)16-25(20-11-12-20)23(27)18-7-9-19(10-8-18)24-15-3-2-4-22(24)26/h5-10,13-14,20H,2-4,11-12,15-16H2,1H3. The number of hydrogen-bond acceptors (Lipinski definition) is 3. The number of carbonyl (C=O) groups excluding carboxylic acids is 2. The van der Waals surface area contributed by atoms with E-state index in [1.807, 2.05) is 58.3 Å². The van der Waals surface area contributed by atoms with E-state index in [0.717, 1.165) is 49.2 Å². The zero-order valence-electron chi connectivity index (χ0n) is 16.3. The highest BCUT2D eigenvalue weighted by Crippen LogP contribution is 2.31. The molecule has 0 atom stereocenters. The van der Waals surface area contributed by atoms with Crippen molar-refractivity contribution in [1.29, 1.82) is 0 Å². The highest BCUT2D eigenvalue weighted by molar-refractivity contribution is 5.97. The second-order valence-electron chi connectivity index (χ2n) is 7.56. The quantitative estimate of drug-likeness (QED) is 0.763. The van der Waals surface area contributed by atoms with Gasteiger partial charge in [-0.1, -0.05) is 12.1 Å². The zero-order chi connectivity index (χ0) is 19.5. The summed E-state index contributed by atoms with van der Waals surface area (Å²) in [5, 5.41) is 0. The molecular weight excluding hydrogens is 352 g/mol. The molecule has 2 aliphatic rings. The van der Waals surface area contributed by atoms with Gasteiger partial charge in [0.05, 0.1) is 7.11 Å². The maximum Gasteiger partial charge on any atom is 0.254 e. The number of methoxy groups -OCH3 is 1. The first kappa shape index (κ1) is 18.5. The Bertz CT molecular complexity index is 841. The minimum Gasteiger partial charge on any atom is -0.497 e. The van der Waals surface area contributed by atoms with Gasteiger partial charge in [-0.05, 0) is 67.6 Å². The van der Waals surface area contributed by atoms with Crippen molar-refractivity contribution in [1.82, 2.24) is 4.90 Å². The number of hydrogen-bond donors (Lipinski definition) is 0. The first-order chi connectivity index (χ1) is 13.7. The maximum atomic E-state index is 13.1. The SMILES string of the molecule is COc1ccc(CN(C(=O)c2ccc(N3CCCCC3=O)cc2)C2CC2)cc1. The average molecular weight is 378 g/mol. The normalized spacial score (nSPS) is 16.8. The number of carbonyl (C=O) groups is 2. The predicted octanol–water partition coefficient (Wildman–Crippen LogP) is 4.02. The van der Waals surface area contributed by atoms with Crippen molar-refractivity contribution in [3.63, 3.8) is 0 Å². The van der Waals surface area contributed by atoms with Crippen LogP contribution in [0, 0.1) is 0 Å². The van der Waals surface area contributed by atoms with Crippen molar-refractivity contribution >= 4 is 17.5 Å². The molecule has 2 amide bonds. The molecule has 0 bridgehead atoms. The summed E-state index contributed by atoms with van der Waals surface area (Å²) in [5.41, 5.74) is 2.65. The van der Waals surface area contributed by atoms with Crippen LogP contribution in [0.15, 0.2) is 48.5 Å². The number of rotatable bonds is 6. The van der Waals surface area contributed by atoms with E-state index in [1.165, 1.54) is 0 Å². The van der Waals surface area contributed by atoms with E-state index < -0.39 is 0 Å². The first-order valence-corrected chi connectivity index (χ1v) is 10.00. The molecule has 2 aromatic carbocycles. The smallest absolute Gasteiger partial charge is 0.254 e. The number of piperidine rings is 1. The van der Waals surface area contributed by atoms with Crippen molar-refractivity contribution in [2.75, 3.05) is 18.6 Å². The van der Waals surface area contributed by atoms with E-state index in [2.05, 4.69) is 0 Å². The highest BCUT2D eigenvalue weighted by Gasteiger charge is 2.33. The summed E-state index contributed by atoms with van der Waals surface area (Å²) < 4.78 is 5.21. The number of benzene rings is 2. The molecule has 1 saturated heterocycles. The lowest BCUT2D eigenvalue weighted by Gasteiger charge is -2.27. The molecule has 1 aliphatic heterocycles. The topological polar surface area (TPSA) is 49.9 Å². The van der Waals surface area contributed by atoms with Crippen molar-refractivity contribution < 1.29 is 14.3 Å². The van der Waals surface area contributed by atoms with Crippen LogP contribution in [0.1, 0.15) is 48.0 Å². The Labute approximate surface area is 165 Å². The van der Waals surface area contributed by atoms with E-state index in [4.69, 9.17) is 4.74 Å². The van der Waals surface area contributed by atoms with Gasteiger partial charge >= 0.3 is 0 Å². The summed E-state index contributed by atoms with van der Waals surface area (Å²) in [6, 6.07) is 15.7. The Morgan fingerprint density at radius 3 is 2.39 bits per heavy atom. The third-order valence-electron chi connectivity index (χ3n) is 5.51. The number of anilines is 1. The maximum absolute atomic E-state index is 13.1. The van der Waals surface area contributed by atoms with Crippen LogP contribution in [0.3, 0.4) is 0 Å². The van der Waals surface area contributed by atoms with E-state index >= 15 is 0 Å². The van der Waals surface area contributed by atoms with Crippen LogP contribution in [0.5, 0.6) is 5.75 Å². The van der Waals surface area contributed by atoms with Crippen LogP contribution >= 0.6 is 0 Å². The van der Waals surface area contributed by atoms with Gasteiger partial charge in [-0.2, -0.15) is 0 Å². The third-order valence-corrected chi connectivity index (χ3v) is 5.51. The minimum atomic E-state index is 0.0508. The molecule has 2 aromatic rings. The molecule has 0 N–H and O–H groups in total. The van der Waals surface area contributed by atoms with Gasteiger partial charge in [-0.15, -0.1) is 0 Å². The van der Waals surface area contributed by atoms with Gasteiger partial charge < -0.3 is 14.5 Å². The summed E-state index contributed by atoms with van der Waals surface area (Å²) in [4.78, 5) is 29.0. The predicted molar refractivity (Wildman–Crippen MR) is 109 cm³/mol. The van der Waals surface area contributed by atoms with Gasteiger partial charge in [0.15, 0.2) is 0 Å². The summed E-state index contributed by atoms with van der Waals surface area (Å²) in [6.07, 6.45) is 4.72. The Kier molecular flexibility index (Phi) is 5.33. The van der Waals surface area contributed by atoms with Gasteiger partial charge in [0.2, 0.25) is 5.91 Å². The molecule has 0 spiro atoms. The van der Waals surface area contributed by atoms with Crippen LogP contribution in [0.2, 0.25) is 0 Å². The number of amides is 2. The lowest BCUT2D eigenvalue weighted by atomic mass is 10.1. The Balaban J connectivity index is 1.48. The second kappa shape index (κ2) is 8.05. The Hall–Kier alpha value is -2.82. The average Bonchev–Trinajstić information content (AvgIpc) is 3.58. The minimum absolute atomic E-state index is 0.0508. The fourth-order valence-corrected chi connectivity index (χ4v) is 3.71. The van der Waals surface area contributed by atoms with Crippen molar-refractivity contribution in [2.45, 2.75) is 44.7 Å². The van der Waals surface area contributed by atoms with Gasteiger partial charge in [0.25, 0.3) is 5.91 Å². The number of nitrogens with zero attached hydrogens (tertiary/aromatic N) is 2. The van der Waals surface area contributed by atoms with Crippen LogP contribution in [-0.2, 0) is 11.3 Å². The summed E-state index contributed by atoms with van der Waals surface area (Å²) in [7, 11) is 1.65. The molecular formula is C23H26N2O3. The van der Waals surface area contributed by atoms with Crippen LogP contribution in [-0.4, -0.2) is 36.4 Å². The van der Waals surface area contributed by atoms with E-state index in [1.54, 1.807) is 7.11 Å². The van der Waals surface area contributed by atoms with Crippen molar-refractivity contribution in [2.24, 2.45) is 0 Å². The van der Waals surface area contributed by atoms with Crippen molar-refractivity contribution in [3.05, 3.63) is 59.7 Å². The Morgan fingerprint density at radius 2 is 1.79 bits per heavy atom. The summed E-state index contributed by atoms with van der Waals surface area (Å²) in [5.74, 6) is 1.04.